The second-order valence-corrected chi connectivity index (χ2v) is 9.98. The van der Waals surface area contributed by atoms with Crippen LogP contribution < -0.4 is 5.32 Å². The Kier molecular flexibility index (Phi) is 6.33. The quantitative estimate of drug-likeness (QED) is 0.496. The SMILES string of the molecule is O=C(C=CCN1CCCC1)N1CCc2c(sc3ncnc(Nc4ccc(Cl)c(Cl)c4)c23)C1. The van der Waals surface area contributed by atoms with Gasteiger partial charge in [0.1, 0.15) is 17.0 Å². The molecule has 166 valence electrons. The predicted octanol–water partition coefficient (Wildman–Crippen LogP) is 5.28. The largest absolute Gasteiger partial charge is 0.340 e. The molecule has 1 saturated heterocycles. The zero-order valence-electron chi connectivity index (χ0n) is 17.5. The van der Waals surface area contributed by atoms with Crippen molar-refractivity contribution in [3.8, 4) is 0 Å². The first kappa shape index (κ1) is 21.6. The van der Waals surface area contributed by atoms with E-state index < -0.39 is 0 Å². The van der Waals surface area contributed by atoms with Crippen LogP contribution in [0.15, 0.2) is 36.7 Å². The highest BCUT2D eigenvalue weighted by Gasteiger charge is 2.25. The second-order valence-electron chi connectivity index (χ2n) is 8.08. The number of hydrogen-bond donors (Lipinski definition) is 1. The van der Waals surface area contributed by atoms with Gasteiger partial charge in [0, 0.05) is 29.7 Å². The zero-order valence-corrected chi connectivity index (χ0v) is 19.8. The van der Waals surface area contributed by atoms with E-state index in [2.05, 4.69) is 20.2 Å². The van der Waals surface area contributed by atoms with E-state index in [1.807, 2.05) is 17.0 Å². The molecule has 0 atom stereocenters. The molecule has 1 aromatic carbocycles. The number of anilines is 2. The monoisotopic (exact) mass is 487 g/mol. The normalized spacial score (nSPS) is 16.8. The van der Waals surface area contributed by atoms with Gasteiger partial charge in [-0.2, -0.15) is 0 Å². The molecule has 6 nitrogen and oxygen atoms in total. The summed E-state index contributed by atoms with van der Waals surface area (Å²) in [6.07, 6.45) is 8.59. The van der Waals surface area contributed by atoms with E-state index in [1.54, 1.807) is 35.9 Å². The summed E-state index contributed by atoms with van der Waals surface area (Å²) in [6.45, 7) is 4.41. The van der Waals surface area contributed by atoms with Crippen LogP contribution in [0.3, 0.4) is 0 Å². The first-order valence-corrected chi connectivity index (χ1v) is 12.3. The van der Waals surface area contributed by atoms with Gasteiger partial charge >= 0.3 is 0 Å². The lowest BCUT2D eigenvalue weighted by Crippen LogP contribution is -2.34. The number of aromatic nitrogens is 2. The first-order valence-electron chi connectivity index (χ1n) is 10.7. The van der Waals surface area contributed by atoms with Crippen LogP contribution in [0.1, 0.15) is 23.3 Å². The maximum absolute atomic E-state index is 12.7. The van der Waals surface area contributed by atoms with Gasteiger partial charge in [0.05, 0.1) is 22.0 Å². The molecule has 1 fully saturated rings. The molecular formula is C23H23Cl2N5OS. The summed E-state index contributed by atoms with van der Waals surface area (Å²) in [5, 5.41) is 5.38. The van der Waals surface area contributed by atoms with Crippen molar-refractivity contribution >= 4 is 62.2 Å². The fraction of sp³-hybridized carbons (Fsp3) is 0.348. The van der Waals surface area contributed by atoms with E-state index in [0.717, 1.165) is 47.8 Å². The summed E-state index contributed by atoms with van der Waals surface area (Å²) in [5.74, 6) is 0.823. The average Bonchev–Trinajstić information content (AvgIpc) is 3.43. The Morgan fingerprint density at radius 2 is 2.00 bits per heavy atom. The minimum Gasteiger partial charge on any atom is -0.340 e. The van der Waals surface area contributed by atoms with Crippen LogP contribution in [0.5, 0.6) is 0 Å². The molecule has 0 unspecified atom stereocenters. The highest BCUT2D eigenvalue weighted by atomic mass is 35.5. The van der Waals surface area contributed by atoms with E-state index >= 15 is 0 Å². The summed E-state index contributed by atoms with van der Waals surface area (Å²) in [6, 6.07) is 5.41. The maximum Gasteiger partial charge on any atom is 0.246 e. The Hall–Kier alpha value is -2.19. The van der Waals surface area contributed by atoms with Crippen molar-refractivity contribution in [2.45, 2.75) is 25.8 Å². The smallest absolute Gasteiger partial charge is 0.246 e. The molecule has 2 aromatic heterocycles. The number of rotatable bonds is 5. The number of nitrogens with zero attached hydrogens (tertiary/aromatic N) is 4. The molecule has 9 heteroatoms. The molecule has 1 amide bonds. The molecule has 3 aromatic rings. The van der Waals surface area contributed by atoms with Gasteiger partial charge in [-0.1, -0.05) is 29.3 Å². The number of nitrogens with one attached hydrogen (secondary N) is 1. The van der Waals surface area contributed by atoms with E-state index in [-0.39, 0.29) is 5.91 Å². The van der Waals surface area contributed by atoms with Crippen LogP contribution in [0, 0.1) is 0 Å². The summed E-state index contributed by atoms with van der Waals surface area (Å²) in [4.78, 5) is 28.1. The minimum absolute atomic E-state index is 0.0764. The first-order chi connectivity index (χ1) is 15.6. The van der Waals surface area contributed by atoms with Crippen LogP contribution in [0.4, 0.5) is 11.5 Å². The number of likely N-dealkylation sites (tertiary alicyclic amines) is 1. The van der Waals surface area contributed by atoms with Crippen LogP contribution in [-0.2, 0) is 17.8 Å². The Balaban J connectivity index is 1.34. The van der Waals surface area contributed by atoms with Gasteiger partial charge in [-0.25, -0.2) is 9.97 Å². The van der Waals surface area contributed by atoms with Crippen molar-refractivity contribution in [1.82, 2.24) is 19.8 Å². The summed E-state index contributed by atoms with van der Waals surface area (Å²) in [5.41, 5.74) is 2.04. The summed E-state index contributed by atoms with van der Waals surface area (Å²) >= 11 is 13.8. The van der Waals surface area contributed by atoms with Gasteiger partial charge in [0.2, 0.25) is 5.91 Å². The number of carbonyl (C=O) groups excluding carboxylic acids is 1. The predicted molar refractivity (Wildman–Crippen MR) is 131 cm³/mol. The molecule has 2 aliphatic heterocycles. The molecule has 0 aliphatic carbocycles. The second kappa shape index (κ2) is 9.35. The van der Waals surface area contributed by atoms with E-state index in [9.17, 15) is 4.79 Å². The zero-order chi connectivity index (χ0) is 22.1. The fourth-order valence-corrected chi connectivity index (χ4v) is 5.80. The maximum atomic E-state index is 12.7. The lowest BCUT2D eigenvalue weighted by atomic mass is 10.0. The highest BCUT2D eigenvalue weighted by molar-refractivity contribution is 7.19. The topological polar surface area (TPSA) is 61.4 Å². The minimum atomic E-state index is 0.0764. The number of benzene rings is 1. The van der Waals surface area contributed by atoms with Gasteiger partial charge in [0.15, 0.2) is 0 Å². The van der Waals surface area contributed by atoms with Crippen molar-refractivity contribution in [1.29, 1.82) is 0 Å². The molecule has 2 aliphatic rings. The van der Waals surface area contributed by atoms with E-state index in [0.29, 0.717) is 23.1 Å². The summed E-state index contributed by atoms with van der Waals surface area (Å²) in [7, 11) is 0. The lowest BCUT2D eigenvalue weighted by molar-refractivity contribution is -0.126. The average molecular weight is 488 g/mol. The van der Waals surface area contributed by atoms with Gasteiger partial charge < -0.3 is 10.2 Å². The molecule has 32 heavy (non-hydrogen) atoms. The van der Waals surface area contributed by atoms with Gasteiger partial charge in [0.25, 0.3) is 0 Å². The number of thiophene rings is 1. The van der Waals surface area contributed by atoms with Crippen molar-refractivity contribution < 1.29 is 4.79 Å². The van der Waals surface area contributed by atoms with E-state index in [4.69, 9.17) is 23.2 Å². The van der Waals surface area contributed by atoms with Crippen molar-refractivity contribution in [2.75, 3.05) is 31.5 Å². The Morgan fingerprint density at radius 1 is 1.16 bits per heavy atom. The van der Waals surface area contributed by atoms with E-state index in [1.165, 1.54) is 23.3 Å². The van der Waals surface area contributed by atoms with Gasteiger partial charge in [-0.05, 0) is 56.1 Å². The lowest BCUT2D eigenvalue weighted by Gasteiger charge is -2.26. The molecule has 0 saturated carbocycles. The standard InChI is InChI=1S/C23H23Cl2N5OS/c24-17-6-5-15(12-18(17)25)28-22-21-16-7-11-30(13-19(16)32-23(21)27-14-26-22)20(31)4-3-10-29-8-1-2-9-29/h3-6,12,14H,1-2,7-11,13H2,(H,26,27,28). The number of fused-ring (bicyclic) bond motifs is 3. The van der Waals surface area contributed by atoms with Crippen molar-refractivity contribution in [2.24, 2.45) is 0 Å². The Bertz CT molecular complexity index is 1190. The van der Waals surface area contributed by atoms with Gasteiger partial charge in [-0.3, -0.25) is 9.69 Å². The number of hydrogen-bond acceptors (Lipinski definition) is 6. The van der Waals surface area contributed by atoms with Gasteiger partial charge in [-0.15, -0.1) is 11.3 Å². The third-order valence-corrected chi connectivity index (χ3v) is 7.82. The van der Waals surface area contributed by atoms with Crippen LogP contribution in [0.2, 0.25) is 10.0 Å². The van der Waals surface area contributed by atoms with Crippen molar-refractivity contribution in [3.05, 3.63) is 57.2 Å². The fourth-order valence-electron chi connectivity index (χ4n) is 4.29. The number of carbonyl (C=O) groups is 1. The van der Waals surface area contributed by atoms with Crippen molar-refractivity contribution in [3.63, 3.8) is 0 Å². The molecule has 0 radical (unpaired) electrons. The molecule has 0 bridgehead atoms. The third-order valence-electron chi connectivity index (χ3n) is 5.95. The Labute approximate surface area is 200 Å². The molecule has 1 N–H and O–H groups in total. The summed E-state index contributed by atoms with van der Waals surface area (Å²) < 4.78 is 0. The molecule has 4 heterocycles. The highest BCUT2D eigenvalue weighted by Crippen LogP contribution is 2.38. The molecule has 0 spiro atoms. The molecular weight excluding hydrogens is 465 g/mol. The molecule has 5 rings (SSSR count). The van der Waals surface area contributed by atoms with Crippen LogP contribution in [-0.4, -0.2) is 51.9 Å². The Morgan fingerprint density at radius 3 is 2.81 bits per heavy atom. The van der Waals surface area contributed by atoms with Crippen LogP contribution >= 0.6 is 34.5 Å². The number of amides is 1. The third kappa shape index (κ3) is 4.48. The number of halogens is 2. The van der Waals surface area contributed by atoms with Crippen LogP contribution in [0.25, 0.3) is 10.2 Å².